The molecule has 0 bridgehead atoms. The monoisotopic (exact) mass is 262 g/mol. The van der Waals surface area contributed by atoms with Gasteiger partial charge in [-0.3, -0.25) is 4.79 Å². The Balaban J connectivity index is 1.99. The number of para-hydroxylation sites is 1. The molecule has 0 aliphatic heterocycles. The number of benzene rings is 1. The third-order valence-electron chi connectivity index (χ3n) is 3.14. The van der Waals surface area contributed by atoms with Crippen LogP contribution in [0.3, 0.4) is 0 Å². The Hall–Kier alpha value is -1.31. The van der Waals surface area contributed by atoms with E-state index in [1.165, 1.54) is 25.7 Å². The maximum absolute atomic E-state index is 11.6. The average molecular weight is 262 g/mol. The van der Waals surface area contributed by atoms with Crippen LogP contribution < -0.4 is 4.74 Å². The number of rotatable bonds is 9. The van der Waals surface area contributed by atoms with Gasteiger partial charge in [-0.2, -0.15) is 0 Å². The molecule has 0 amide bonds. The van der Waals surface area contributed by atoms with Crippen LogP contribution in [0.25, 0.3) is 0 Å². The van der Waals surface area contributed by atoms with Crippen molar-refractivity contribution < 1.29 is 9.53 Å². The molecule has 0 radical (unpaired) electrons. The minimum Gasteiger partial charge on any atom is -0.427 e. The van der Waals surface area contributed by atoms with Gasteiger partial charge in [-0.25, -0.2) is 0 Å². The van der Waals surface area contributed by atoms with Crippen LogP contribution in [0.1, 0.15) is 58.8 Å². The van der Waals surface area contributed by atoms with Crippen molar-refractivity contribution in [2.24, 2.45) is 5.92 Å². The van der Waals surface area contributed by atoms with Gasteiger partial charge in [0.15, 0.2) is 0 Å². The molecule has 2 heteroatoms. The van der Waals surface area contributed by atoms with Crippen LogP contribution in [-0.4, -0.2) is 5.97 Å². The molecule has 19 heavy (non-hydrogen) atoms. The van der Waals surface area contributed by atoms with Crippen LogP contribution in [0.5, 0.6) is 5.75 Å². The van der Waals surface area contributed by atoms with Gasteiger partial charge in [0.1, 0.15) is 5.75 Å². The van der Waals surface area contributed by atoms with Crippen molar-refractivity contribution in [2.45, 2.75) is 58.8 Å². The molecule has 0 aliphatic rings. The zero-order valence-electron chi connectivity index (χ0n) is 12.2. The molecule has 0 atom stereocenters. The van der Waals surface area contributed by atoms with Gasteiger partial charge in [0.25, 0.3) is 0 Å². The molecule has 0 unspecified atom stereocenters. The molecule has 0 N–H and O–H groups in total. The van der Waals surface area contributed by atoms with E-state index in [0.717, 1.165) is 18.8 Å². The Kier molecular flexibility index (Phi) is 7.95. The SMILES string of the molecule is CC(C)CCCCCCCC(=O)Oc1ccccc1. The van der Waals surface area contributed by atoms with E-state index in [1.54, 1.807) is 0 Å². The smallest absolute Gasteiger partial charge is 0.311 e. The second-order valence-corrected chi connectivity index (χ2v) is 5.49. The van der Waals surface area contributed by atoms with Crippen LogP contribution >= 0.6 is 0 Å². The summed E-state index contributed by atoms with van der Waals surface area (Å²) in [5.41, 5.74) is 0. The third kappa shape index (κ3) is 8.41. The maximum Gasteiger partial charge on any atom is 0.311 e. The number of ether oxygens (including phenoxy) is 1. The Morgan fingerprint density at radius 2 is 1.63 bits per heavy atom. The van der Waals surface area contributed by atoms with Gasteiger partial charge in [0.2, 0.25) is 0 Å². The second kappa shape index (κ2) is 9.60. The number of carbonyl (C=O) groups is 1. The van der Waals surface area contributed by atoms with Crippen molar-refractivity contribution in [3.05, 3.63) is 30.3 Å². The first kappa shape index (κ1) is 15.7. The standard InChI is InChI=1S/C17H26O2/c1-15(2)11-7-4-3-5-10-14-17(18)19-16-12-8-6-9-13-16/h6,8-9,12-13,15H,3-5,7,10-11,14H2,1-2H3. The molecule has 0 saturated heterocycles. The highest BCUT2D eigenvalue weighted by Gasteiger charge is 2.03. The summed E-state index contributed by atoms with van der Waals surface area (Å²) in [6.07, 6.45) is 7.73. The lowest BCUT2D eigenvalue weighted by Crippen LogP contribution is -2.07. The molecule has 2 nitrogen and oxygen atoms in total. The van der Waals surface area contributed by atoms with E-state index < -0.39 is 0 Å². The third-order valence-corrected chi connectivity index (χ3v) is 3.14. The molecule has 0 saturated carbocycles. The Morgan fingerprint density at radius 3 is 2.32 bits per heavy atom. The predicted molar refractivity (Wildman–Crippen MR) is 79.2 cm³/mol. The number of hydrogen-bond donors (Lipinski definition) is 0. The van der Waals surface area contributed by atoms with Crippen LogP contribution in [0.2, 0.25) is 0 Å². The summed E-state index contributed by atoms with van der Waals surface area (Å²) in [6.45, 7) is 4.53. The summed E-state index contributed by atoms with van der Waals surface area (Å²) < 4.78 is 5.23. The van der Waals surface area contributed by atoms with Gasteiger partial charge < -0.3 is 4.74 Å². The first-order valence-electron chi connectivity index (χ1n) is 7.44. The lowest BCUT2D eigenvalue weighted by atomic mass is 10.0. The summed E-state index contributed by atoms with van der Waals surface area (Å²) in [7, 11) is 0. The van der Waals surface area contributed by atoms with Crippen molar-refractivity contribution in [3.8, 4) is 5.75 Å². The molecule has 0 spiro atoms. The molecular weight excluding hydrogens is 236 g/mol. The first-order chi connectivity index (χ1) is 9.18. The molecule has 0 heterocycles. The highest BCUT2D eigenvalue weighted by molar-refractivity contribution is 5.72. The molecule has 1 aromatic carbocycles. The largest absolute Gasteiger partial charge is 0.427 e. The highest BCUT2D eigenvalue weighted by atomic mass is 16.5. The second-order valence-electron chi connectivity index (χ2n) is 5.49. The van der Waals surface area contributed by atoms with Crippen LogP contribution in [0.15, 0.2) is 30.3 Å². The molecule has 0 aromatic heterocycles. The van der Waals surface area contributed by atoms with Gasteiger partial charge >= 0.3 is 5.97 Å². The van der Waals surface area contributed by atoms with Crippen molar-refractivity contribution in [1.82, 2.24) is 0 Å². The highest BCUT2D eigenvalue weighted by Crippen LogP contribution is 2.13. The maximum atomic E-state index is 11.6. The number of hydrogen-bond acceptors (Lipinski definition) is 2. The molecule has 1 rings (SSSR count). The summed E-state index contributed by atoms with van der Waals surface area (Å²) >= 11 is 0. The van der Waals surface area contributed by atoms with Gasteiger partial charge in [0, 0.05) is 6.42 Å². The quantitative estimate of drug-likeness (QED) is 0.356. The van der Waals surface area contributed by atoms with Crippen molar-refractivity contribution in [3.63, 3.8) is 0 Å². The fourth-order valence-electron chi connectivity index (χ4n) is 2.02. The zero-order valence-corrected chi connectivity index (χ0v) is 12.2. The van der Waals surface area contributed by atoms with E-state index in [0.29, 0.717) is 12.2 Å². The van der Waals surface area contributed by atoms with Gasteiger partial charge in [0.05, 0.1) is 0 Å². The van der Waals surface area contributed by atoms with E-state index in [4.69, 9.17) is 4.74 Å². The van der Waals surface area contributed by atoms with Crippen LogP contribution in [0.4, 0.5) is 0 Å². The van der Waals surface area contributed by atoms with E-state index in [1.807, 2.05) is 30.3 Å². The molecule has 0 fully saturated rings. The van der Waals surface area contributed by atoms with E-state index >= 15 is 0 Å². The summed E-state index contributed by atoms with van der Waals surface area (Å²) in [5.74, 6) is 1.33. The summed E-state index contributed by atoms with van der Waals surface area (Å²) in [6, 6.07) is 9.27. The predicted octanol–water partition coefficient (Wildman–Crippen LogP) is 4.98. The van der Waals surface area contributed by atoms with Gasteiger partial charge in [-0.1, -0.05) is 64.2 Å². The van der Waals surface area contributed by atoms with Gasteiger partial charge in [-0.05, 0) is 24.5 Å². The number of unbranched alkanes of at least 4 members (excludes halogenated alkanes) is 4. The number of carbonyl (C=O) groups excluding carboxylic acids is 1. The molecule has 106 valence electrons. The summed E-state index contributed by atoms with van der Waals surface area (Å²) in [5, 5.41) is 0. The Labute approximate surface area is 117 Å². The normalized spacial score (nSPS) is 10.7. The van der Waals surface area contributed by atoms with Crippen LogP contribution in [0, 0.1) is 5.92 Å². The lowest BCUT2D eigenvalue weighted by molar-refractivity contribution is -0.134. The van der Waals surface area contributed by atoms with Crippen molar-refractivity contribution in [2.75, 3.05) is 0 Å². The number of esters is 1. The fourth-order valence-corrected chi connectivity index (χ4v) is 2.02. The molecular formula is C17H26O2. The Morgan fingerprint density at radius 1 is 1.00 bits per heavy atom. The summed E-state index contributed by atoms with van der Waals surface area (Å²) in [4.78, 5) is 11.6. The van der Waals surface area contributed by atoms with E-state index in [2.05, 4.69) is 13.8 Å². The van der Waals surface area contributed by atoms with E-state index in [-0.39, 0.29) is 5.97 Å². The fraction of sp³-hybridized carbons (Fsp3) is 0.588. The van der Waals surface area contributed by atoms with Gasteiger partial charge in [-0.15, -0.1) is 0 Å². The first-order valence-corrected chi connectivity index (χ1v) is 7.44. The van der Waals surface area contributed by atoms with E-state index in [9.17, 15) is 4.79 Å². The Bertz CT molecular complexity index is 344. The van der Waals surface area contributed by atoms with Crippen molar-refractivity contribution >= 4 is 5.97 Å². The van der Waals surface area contributed by atoms with Crippen LogP contribution in [-0.2, 0) is 4.79 Å². The molecule has 1 aromatic rings. The minimum atomic E-state index is -0.117. The topological polar surface area (TPSA) is 26.3 Å². The minimum absolute atomic E-state index is 0.117. The van der Waals surface area contributed by atoms with Crippen molar-refractivity contribution in [1.29, 1.82) is 0 Å². The average Bonchev–Trinajstić information content (AvgIpc) is 2.38. The molecule has 0 aliphatic carbocycles. The zero-order chi connectivity index (χ0) is 13.9. The lowest BCUT2D eigenvalue weighted by Gasteiger charge is -2.05.